The third-order valence-corrected chi connectivity index (χ3v) is 3.28. The molecule has 1 saturated heterocycles. The first-order valence-electron chi connectivity index (χ1n) is 6.30. The molecule has 1 aliphatic heterocycles. The number of hydrogen-bond donors (Lipinski definition) is 1. The molecule has 0 aliphatic carbocycles. The Morgan fingerprint density at radius 2 is 1.88 bits per heavy atom. The highest BCUT2D eigenvalue weighted by atomic mass is 16.5. The van der Waals surface area contributed by atoms with E-state index in [0.29, 0.717) is 0 Å². The van der Waals surface area contributed by atoms with E-state index in [4.69, 9.17) is 4.74 Å². The van der Waals surface area contributed by atoms with E-state index in [1.54, 1.807) is 0 Å². The van der Waals surface area contributed by atoms with Crippen LogP contribution in [-0.2, 0) is 4.74 Å². The second kappa shape index (κ2) is 6.15. The van der Waals surface area contributed by atoms with Crippen molar-refractivity contribution in [2.24, 2.45) is 0 Å². The zero-order valence-corrected chi connectivity index (χ0v) is 10.4. The number of benzene rings is 1. The molecule has 1 N–H and O–H groups in total. The molecule has 17 heavy (non-hydrogen) atoms. The van der Waals surface area contributed by atoms with Crippen LogP contribution in [-0.4, -0.2) is 42.9 Å². The molecule has 1 aliphatic rings. The van der Waals surface area contributed by atoms with Gasteiger partial charge in [-0.25, -0.2) is 0 Å². The lowest BCUT2D eigenvalue weighted by atomic mass is 10.0. The fourth-order valence-electron chi connectivity index (χ4n) is 2.08. The third kappa shape index (κ3) is 3.80. The Balaban J connectivity index is 1.80. The maximum absolute atomic E-state index is 10.1. The molecule has 0 saturated carbocycles. The van der Waals surface area contributed by atoms with Crippen LogP contribution in [0.5, 0.6) is 0 Å². The van der Waals surface area contributed by atoms with E-state index in [2.05, 4.69) is 11.8 Å². The van der Waals surface area contributed by atoms with Crippen molar-refractivity contribution in [3.63, 3.8) is 0 Å². The first-order valence-corrected chi connectivity index (χ1v) is 6.30. The molecule has 0 aromatic heterocycles. The predicted octanol–water partition coefficient (Wildman–Crippen LogP) is 1.75. The van der Waals surface area contributed by atoms with Crippen LogP contribution < -0.4 is 0 Å². The molecule has 1 fully saturated rings. The highest BCUT2D eigenvalue weighted by Crippen LogP contribution is 2.17. The Morgan fingerprint density at radius 1 is 1.24 bits per heavy atom. The van der Waals surface area contributed by atoms with Gasteiger partial charge in [0.25, 0.3) is 0 Å². The molecule has 2 rings (SSSR count). The SMILES string of the molecule is Cc1ccc(C(O)CCN2CCOCC2)cc1. The van der Waals surface area contributed by atoms with Crippen molar-refractivity contribution in [2.45, 2.75) is 19.4 Å². The van der Waals surface area contributed by atoms with Crippen molar-refractivity contribution in [1.29, 1.82) is 0 Å². The molecular weight excluding hydrogens is 214 g/mol. The summed E-state index contributed by atoms with van der Waals surface area (Å²) in [4.78, 5) is 2.35. The van der Waals surface area contributed by atoms with Crippen LogP contribution in [0.1, 0.15) is 23.7 Å². The van der Waals surface area contributed by atoms with Gasteiger partial charge in [-0.05, 0) is 18.9 Å². The fraction of sp³-hybridized carbons (Fsp3) is 0.571. The van der Waals surface area contributed by atoms with E-state index in [1.165, 1.54) is 5.56 Å². The summed E-state index contributed by atoms with van der Waals surface area (Å²) in [6.07, 6.45) is 0.446. The van der Waals surface area contributed by atoms with Gasteiger partial charge in [0.05, 0.1) is 19.3 Å². The average Bonchev–Trinajstić information content (AvgIpc) is 2.38. The van der Waals surface area contributed by atoms with Crippen LogP contribution in [0.4, 0.5) is 0 Å². The molecular formula is C14H21NO2. The standard InChI is InChI=1S/C14H21NO2/c1-12-2-4-13(5-3-12)14(16)6-7-15-8-10-17-11-9-15/h2-5,14,16H,6-11H2,1H3. The van der Waals surface area contributed by atoms with Gasteiger partial charge >= 0.3 is 0 Å². The van der Waals surface area contributed by atoms with Crippen molar-refractivity contribution in [3.05, 3.63) is 35.4 Å². The number of aryl methyl sites for hydroxylation is 1. The van der Waals surface area contributed by atoms with E-state index in [9.17, 15) is 5.11 Å². The zero-order valence-electron chi connectivity index (χ0n) is 10.4. The van der Waals surface area contributed by atoms with Gasteiger partial charge in [-0.1, -0.05) is 29.8 Å². The number of ether oxygens (including phenoxy) is 1. The van der Waals surface area contributed by atoms with E-state index in [0.717, 1.165) is 44.8 Å². The second-order valence-electron chi connectivity index (χ2n) is 4.67. The zero-order chi connectivity index (χ0) is 12.1. The van der Waals surface area contributed by atoms with Gasteiger partial charge in [-0.3, -0.25) is 4.90 Å². The Kier molecular flexibility index (Phi) is 4.54. The lowest BCUT2D eigenvalue weighted by Gasteiger charge is -2.27. The molecule has 1 aromatic carbocycles. The van der Waals surface area contributed by atoms with Crippen LogP contribution in [0.2, 0.25) is 0 Å². The minimum Gasteiger partial charge on any atom is -0.388 e. The molecule has 1 aromatic rings. The maximum Gasteiger partial charge on any atom is 0.0802 e. The summed E-state index contributed by atoms with van der Waals surface area (Å²) in [6, 6.07) is 8.12. The number of hydrogen-bond acceptors (Lipinski definition) is 3. The highest BCUT2D eigenvalue weighted by Gasteiger charge is 2.13. The second-order valence-corrected chi connectivity index (χ2v) is 4.67. The van der Waals surface area contributed by atoms with Crippen molar-refractivity contribution >= 4 is 0 Å². The van der Waals surface area contributed by atoms with Gasteiger partial charge < -0.3 is 9.84 Å². The molecule has 0 radical (unpaired) electrons. The molecule has 1 unspecified atom stereocenters. The van der Waals surface area contributed by atoms with Crippen LogP contribution in [0.15, 0.2) is 24.3 Å². The van der Waals surface area contributed by atoms with E-state index >= 15 is 0 Å². The maximum atomic E-state index is 10.1. The lowest BCUT2D eigenvalue weighted by Crippen LogP contribution is -2.37. The number of morpholine rings is 1. The Hall–Kier alpha value is -0.900. The molecule has 0 bridgehead atoms. The van der Waals surface area contributed by atoms with Crippen molar-refractivity contribution in [1.82, 2.24) is 4.90 Å². The summed E-state index contributed by atoms with van der Waals surface area (Å²) >= 11 is 0. The summed E-state index contributed by atoms with van der Waals surface area (Å²) in [7, 11) is 0. The smallest absolute Gasteiger partial charge is 0.0802 e. The van der Waals surface area contributed by atoms with Gasteiger partial charge in [0.2, 0.25) is 0 Å². The number of aliphatic hydroxyl groups is 1. The van der Waals surface area contributed by atoms with Gasteiger partial charge in [0.15, 0.2) is 0 Å². The third-order valence-electron chi connectivity index (χ3n) is 3.28. The summed E-state index contributed by atoms with van der Waals surface area (Å²) in [6.45, 7) is 6.62. The van der Waals surface area contributed by atoms with Crippen LogP contribution in [0.3, 0.4) is 0 Å². The predicted molar refractivity (Wildman–Crippen MR) is 68.0 cm³/mol. The van der Waals surface area contributed by atoms with E-state index < -0.39 is 0 Å². The first-order chi connectivity index (χ1) is 8.25. The largest absolute Gasteiger partial charge is 0.388 e. The molecule has 1 heterocycles. The van der Waals surface area contributed by atoms with Gasteiger partial charge in [0.1, 0.15) is 0 Å². The van der Waals surface area contributed by atoms with Crippen LogP contribution >= 0.6 is 0 Å². The minimum atomic E-state index is -0.349. The Labute approximate surface area is 103 Å². The number of nitrogens with zero attached hydrogens (tertiary/aromatic N) is 1. The average molecular weight is 235 g/mol. The normalized spacial score (nSPS) is 19.2. The minimum absolute atomic E-state index is 0.349. The van der Waals surface area contributed by atoms with E-state index in [1.807, 2.05) is 24.3 Å². The Morgan fingerprint density at radius 3 is 2.53 bits per heavy atom. The van der Waals surface area contributed by atoms with Crippen molar-refractivity contribution in [2.75, 3.05) is 32.8 Å². The van der Waals surface area contributed by atoms with Crippen LogP contribution in [0.25, 0.3) is 0 Å². The molecule has 3 heteroatoms. The molecule has 0 amide bonds. The molecule has 1 atom stereocenters. The van der Waals surface area contributed by atoms with Gasteiger partial charge in [0, 0.05) is 19.6 Å². The summed E-state index contributed by atoms with van der Waals surface area (Å²) < 4.78 is 5.30. The highest BCUT2D eigenvalue weighted by molar-refractivity contribution is 5.22. The monoisotopic (exact) mass is 235 g/mol. The van der Waals surface area contributed by atoms with Crippen molar-refractivity contribution in [3.8, 4) is 0 Å². The lowest BCUT2D eigenvalue weighted by molar-refractivity contribution is 0.0300. The summed E-state index contributed by atoms with van der Waals surface area (Å²) in [5, 5.41) is 10.1. The topological polar surface area (TPSA) is 32.7 Å². The van der Waals surface area contributed by atoms with Crippen LogP contribution in [0, 0.1) is 6.92 Å². The van der Waals surface area contributed by atoms with Crippen molar-refractivity contribution < 1.29 is 9.84 Å². The van der Waals surface area contributed by atoms with Gasteiger partial charge in [-0.15, -0.1) is 0 Å². The quantitative estimate of drug-likeness (QED) is 0.863. The number of rotatable bonds is 4. The first kappa shape index (κ1) is 12.6. The number of aliphatic hydroxyl groups excluding tert-OH is 1. The Bertz CT molecular complexity index is 331. The molecule has 94 valence electrons. The molecule has 0 spiro atoms. The fourth-order valence-corrected chi connectivity index (χ4v) is 2.08. The molecule has 3 nitrogen and oxygen atoms in total. The van der Waals surface area contributed by atoms with Gasteiger partial charge in [-0.2, -0.15) is 0 Å². The van der Waals surface area contributed by atoms with E-state index in [-0.39, 0.29) is 6.10 Å². The summed E-state index contributed by atoms with van der Waals surface area (Å²) in [5.74, 6) is 0. The summed E-state index contributed by atoms with van der Waals surface area (Å²) in [5.41, 5.74) is 2.25.